The first kappa shape index (κ1) is 20.5. The van der Waals surface area contributed by atoms with E-state index in [9.17, 15) is 13.6 Å². The molecule has 28 heavy (non-hydrogen) atoms. The molecule has 0 amide bonds. The number of carbonyl (C=O) groups is 1. The molecule has 1 aromatic rings. The smallest absolute Gasteiger partial charge is 0.257 e. The van der Waals surface area contributed by atoms with E-state index in [1.54, 1.807) is 11.2 Å². The average molecular weight is 395 g/mol. The Hall–Kier alpha value is -2.25. The van der Waals surface area contributed by atoms with Crippen molar-refractivity contribution in [3.05, 3.63) is 18.0 Å². The quantitative estimate of drug-likeness (QED) is 0.629. The summed E-state index contributed by atoms with van der Waals surface area (Å²) in [6.07, 6.45) is 7.12. The number of ether oxygens (including phenoxy) is 2. The van der Waals surface area contributed by atoms with E-state index in [1.807, 2.05) is 6.92 Å². The van der Waals surface area contributed by atoms with E-state index < -0.39 is 6.43 Å². The lowest BCUT2D eigenvalue weighted by Gasteiger charge is -2.40. The van der Waals surface area contributed by atoms with Gasteiger partial charge in [-0.2, -0.15) is 5.10 Å². The Morgan fingerprint density at radius 2 is 2.04 bits per heavy atom. The van der Waals surface area contributed by atoms with Gasteiger partial charge in [0.15, 0.2) is 17.8 Å². The van der Waals surface area contributed by atoms with Crippen LogP contribution in [0.25, 0.3) is 0 Å². The zero-order chi connectivity index (χ0) is 20.1. The molecule has 6 nitrogen and oxygen atoms in total. The van der Waals surface area contributed by atoms with Crippen LogP contribution in [-0.4, -0.2) is 55.2 Å². The summed E-state index contributed by atoms with van der Waals surface area (Å²) in [4.78, 5) is 15.5. The summed E-state index contributed by atoms with van der Waals surface area (Å²) in [7, 11) is 1.48. The van der Waals surface area contributed by atoms with E-state index in [0.29, 0.717) is 30.0 Å². The SMILES string of the molecule is COc1cncc(OCC2CCCCC2C2C(C)C=NN2CC(F)F)c1C=O. The maximum Gasteiger partial charge on any atom is 0.257 e. The van der Waals surface area contributed by atoms with E-state index in [0.717, 1.165) is 25.7 Å². The lowest BCUT2D eigenvalue weighted by atomic mass is 9.72. The molecule has 4 atom stereocenters. The highest BCUT2D eigenvalue weighted by Gasteiger charge is 2.41. The van der Waals surface area contributed by atoms with Gasteiger partial charge in [0, 0.05) is 12.1 Å². The fourth-order valence-corrected chi connectivity index (χ4v) is 4.47. The van der Waals surface area contributed by atoms with Crippen molar-refractivity contribution in [1.29, 1.82) is 0 Å². The number of pyridine rings is 1. The lowest BCUT2D eigenvalue weighted by molar-refractivity contribution is 0.0170. The van der Waals surface area contributed by atoms with Crippen LogP contribution in [0, 0.1) is 17.8 Å². The first-order chi connectivity index (χ1) is 13.5. The predicted octanol–water partition coefficient (Wildman–Crippen LogP) is 3.66. The summed E-state index contributed by atoms with van der Waals surface area (Å²) in [5, 5.41) is 5.79. The monoisotopic (exact) mass is 395 g/mol. The Morgan fingerprint density at radius 1 is 1.29 bits per heavy atom. The molecule has 0 saturated heterocycles. The Balaban J connectivity index is 1.73. The minimum absolute atomic E-state index is 0.0446. The Bertz CT molecular complexity index is 701. The van der Waals surface area contributed by atoms with Crippen LogP contribution < -0.4 is 9.47 Å². The molecule has 2 heterocycles. The number of hydrogen-bond donors (Lipinski definition) is 0. The molecule has 1 saturated carbocycles. The van der Waals surface area contributed by atoms with E-state index in [2.05, 4.69) is 10.1 Å². The van der Waals surface area contributed by atoms with Gasteiger partial charge in [0.05, 0.1) is 38.7 Å². The summed E-state index contributed by atoms with van der Waals surface area (Å²) in [5.74, 6) is 1.29. The fraction of sp³-hybridized carbons (Fsp3) is 0.650. The summed E-state index contributed by atoms with van der Waals surface area (Å²) in [6.45, 7) is 2.10. The second-order valence-corrected chi connectivity index (χ2v) is 7.52. The molecule has 0 N–H and O–H groups in total. The average Bonchev–Trinajstić information content (AvgIpc) is 3.05. The maximum absolute atomic E-state index is 13.0. The van der Waals surface area contributed by atoms with Crippen molar-refractivity contribution in [2.24, 2.45) is 22.9 Å². The number of carbonyl (C=O) groups excluding carboxylic acids is 1. The van der Waals surface area contributed by atoms with Crippen molar-refractivity contribution in [3.8, 4) is 11.5 Å². The zero-order valence-corrected chi connectivity index (χ0v) is 16.3. The molecule has 0 spiro atoms. The topological polar surface area (TPSA) is 64.0 Å². The summed E-state index contributed by atoms with van der Waals surface area (Å²) in [6, 6.07) is -0.0446. The number of methoxy groups -OCH3 is 1. The molecule has 1 aliphatic carbocycles. The van der Waals surface area contributed by atoms with Crippen LogP contribution in [0.3, 0.4) is 0 Å². The van der Waals surface area contributed by atoms with Crippen LogP contribution in [0.15, 0.2) is 17.5 Å². The summed E-state index contributed by atoms with van der Waals surface area (Å²) in [5.41, 5.74) is 0.335. The largest absolute Gasteiger partial charge is 0.494 e. The third kappa shape index (κ3) is 4.42. The van der Waals surface area contributed by atoms with Gasteiger partial charge in [0.25, 0.3) is 6.43 Å². The molecule has 1 aromatic heterocycles. The number of halogens is 2. The van der Waals surface area contributed by atoms with Crippen molar-refractivity contribution in [2.75, 3.05) is 20.3 Å². The third-order valence-corrected chi connectivity index (χ3v) is 5.77. The molecule has 2 aliphatic rings. The number of nitrogens with zero attached hydrogens (tertiary/aromatic N) is 3. The van der Waals surface area contributed by atoms with Crippen molar-refractivity contribution < 1.29 is 23.0 Å². The van der Waals surface area contributed by atoms with E-state index in [4.69, 9.17) is 9.47 Å². The van der Waals surface area contributed by atoms with Crippen LogP contribution in [-0.2, 0) is 0 Å². The van der Waals surface area contributed by atoms with Gasteiger partial charge in [-0.1, -0.05) is 19.8 Å². The van der Waals surface area contributed by atoms with Crippen LogP contribution >= 0.6 is 0 Å². The number of aromatic nitrogens is 1. The van der Waals surface area contributed by atoms with Crippen LogP contribution in [0.1, 0.15) is 43.0 Å². The van der Waals surface area contributed by atoms with Gasteiger partial charge >= 0.3 is 0 Å². The van der Waals surface area contributed by atoms with Crippen molar-refractivity contribution in [2.45, 2.75) is 45.1 Å². The molecule has 0 aromatic carbocycles. The Kier molecular flexibility index (Phi) is 6.80. The second kappa shape index (κ2) is 9.30. The zero-order valence-electron chi connectivity index (χ0n) is 16.3. The minimum atomic E-state index is -2.42. The molecule has 0 bridgehead atoms. The molecular formula is C20H27F2N3O3. The van der Waals surface area contributed by atoms with Gasteiger partial charge in [-0.15, -0.1) is 0 Å². The van der Waals surface area contributed by atoms with E-state index >= 15 is 0 Å². The third-order valence-electron chi connectivity index (χ3n) is 5.77. The number of hydrogen-bond acceptors (Lipinski definition) is 6. The molecule has 8 heteroatoms. The molecule has 1 fully saturated rings. The van der Waals surface area contributed by atoms with Gasteiger partial charge in [-0.05, 0) is 24.7 Å². The van der Waals surface area contributed by atoms with Crippen molar-refractivity contribution >= 4 is 12.5 Å². The maximum atomic E-state index is 13.0. The molecule has 4 unspecified atom stereocenters. The number of alkyl halides is 2. The van der Waals surface area contributed by atoms with Gasteiger partial charge in [0.1, 0.15) is 5.56 Å². The molecule has 0 radical (unpaired) electrons. The highest BCUT2D eigenvalue weighted by Crippen LogP contribution is 2.39. The fourth-order valence-electron chi connectivity index (χ4n) is 4.47. The van der Waals surface area contributed by atoms with Crippen molar-refractivity contribution in [3.63, 3.8) is 0 Å². The first-order valence-corrected chi connectivity index (χ1v) is 9.74. The van der Waals surface area contributed by atoms with E-state index in [1.165, 1.54) is 19.5 Å². The molecule has 1 aliphatic heterocycles. The minimum Gasteiger partial charge on any atom is -0.494 e. The van der Waals surface area contributed by atoms with Gasteiger partial charge in [0.2, 0.25) is 0 Å². The lowest BCUT2D eigenvalue weighted by Crippen LogP contribution is -2.45. The van der Waals surface area contributed by atoms with Crippen LogP contribution in [0.4, 0.5) is 8.78 Å². The van der Waals surface area contributed by atoms with Gasteiger partial charge in [-0.25, -0.2) is 8.78 Å². The van der Waals surface area contributed by atoms with Gasteiger partial charge < -0.3 is 9.47 Å². The highest BCUT2D eigenvalue weighted by atomic mass is 19.3. The molecular weight excluding hydrogens is 368 g/mol. The van der Waals surface area contributed by atoms with Crippen molar-refractivity contribution in [1.82, 2.24) is 9.99 Å². The molecule has 3 rings (SSSR count). The summed E-state index contributed by atoms with van der Waals surface area (Å²) < 4.78 is 37.1. The number of rotatable bonds is 8. The highest BCUT2D eigenvalue weighted by molar-refractivity contribution is 5.83. The van der Waals surface area contributed by atoms with E-state index in [-0.39, 0.29) is 30.3 Å². The summed E-state index contributed by atoms with van der Waals surface area (Å²) >= 11 is 0. The molecule has 154 valence electrons. The standard InChI is InChI=1S/C20H27F2N3O3/c1-13-7-24-25(10-19(21)22)20(13)15-6-4-3-5-14(15)12-28-18-9-23-8-17(27-2)16(18)11-26/h7-9,11,13-15,19-20H,3-6,10,12H2,1-2H3. The van der Waals surface area contributed by atoms with Gasteiger partial charge in [-0.3, -0.25) is 14.8 Å². The normalized spacial score (nSPS) is 27.2. The van der Waals surface area contributed by atoms with Crippen LogP contribution in [0.2, 0.25) is 0 Å². The Labute approximate surface area is 163 Å². The predicted molar refractivity (Wildman–Crippen MR) is 101 cm³/mol. The Morgan fingerprint density at radius 3 is 2.75 bits per heavy atom. The second-order valence-electron chi connectivity index (χ2n) is 7.52. The number of aldehydes is 1. The first-order valence-electron chi connectivity index (χ1n) is 9.74. The number of hydrazone groups is 1. The van der Waals surface area contributed by atoms with Crippen LogP contribution in [0.5, 0.6) is 11.5 Å².